The lowest BCUT2D eigenvalue weighted by molar-refractivity contribution is -0.144. The van der Waals surface area contributed by atoms with Crippen LogP contribution in [0.15, 0.2) is 24.3 Å². The average Bonchev–Trinajstić information content (AvgIpc) is 3.20. The van der Waals surface area contributed by atoms with Crippen molar-refractivity contribution in [2.45, 2.75) is 25.0 Å². The number of nitrogens with one attached hydrogen (secondary N) is 1. The highest BCUT2D eigenvalue weighted by Gasteiger charge is 2.39. The van der Waals surface area contributed by atoms with Gasteiger partial charge in [0.05, 0.1) is 11.6 Å². The fourth-order valence-electron chi connectivity index (χ4n) is 2.61. The van der Waals surface area contributed by atoms with Crippen LogP contribution in [0.25, 0.3) is 0 Å². The monoisotopic (exact) mass is 324 g/mol. The molecule has 5 nitrogen and oxygen atoms in total. The van der Waals surface area contributed by atoms with E-state index in [2.05, 4.69) is 5.32 Å². The van der Waals surface area contributed by atoms with Crippen molar-refractivity contribution < 1.29 is 18.7 Å². The number of thioether (sulfide) groups is 1. The summed E-state index contributed by atoms with van der Waals surface area (Å²) in [5.74, 6) is -0.0107. The van der Waals surface area contributed by atoms with Gasteiger partial charge in [-0.1, -0.05) is 12.1 Å². The SMILES string of the molecule is O=C(Nc1ccccc1F)[C@@H]1CSCN1C(=O)[C@@H]1CCCO1. The molecule has 2 saturated heterocycles. The van der Waals surface area contributed by atoms with E-state index in [9.17, 15) is 14.0 Å². The molecule has 0 radical (unpaired) electrons. The molecule has 2 atom stereocenters. The topological polar surface area (TPSA) is 58.6 Å². The predicted molar refractivity (Wildman–Crippen MR) is 82.0 cm³/mol. The molecule has 1 N–H and O–H groups in total. The highest BCUT2D eigenvalue weighted by Crippen LogP contribution is 2.26. The van der Waals surface area contributed by atoms with Gasteiger partial charge in [0.1, 0.15) is 18.0 Å². The van der Waals surface area contributed by atoms with E-state index >= 15 is 0 Å². The number of para-hydroxylation sites is 1. The first-order chi connectivity index (χ1) is 10.7. The molecule has 2 fully saturated rings. The van der Waals surface area contributed by atoms with Crippen molar-refractivity contribution in [2.24, 2.45) is 0 Å². The fraction of sp³-hybridized carbons (Fsp3) is 0.467. The number of hydrogen-bond donors (Lipinski definition) is 1. The standard InChI is InChI=1S/C15H17FN2O3S/c16-10-4-1-2-5-11(10)17-14(19)12-8-22-9-18(12)15(20)13-6-3-7-21-13/h1-2,4-5,12-13H,3,6-9H2,(H,17,19)/t12-,13-/m0/s1. The Kier molecular flexibility index (Phi) is 4.63. The van der Waals surface area contributed by atoms with Crippen LogP contribution < -0.4 is 5.32 Å². The number of nitrogens with zero attached hydrogens (tertiary/aromatic N) is 1. The molecule has 3 rings (SSSR count). The molecule has 118 valence electrons. The Balaban J connectivity index is 1.68. The van der Waals surface area contributed by atoms with Crippen molar-refractivity contribution in [3.63, 3.8) is 0 Å². The molecule has 0 spiro atoms. The lowest BCUT2D eigenvalue weighted by atomic mass is 10.2. The van der Waals surface area contributed by atoms with Crippen LogP contribution >= 0.6 is 11.8 Å². The number of anilines is 1. The third kappa shape index (κ3) is 3.10. The van der Waals surface area contributed by atoms with Gasteiger partial charge in [-0.3, -0.25) is 9.59 Å². The van der Waals surface area contributed by atoms with Gasteiger partial charge in [-0.25, -0.2) is 4.39 Å². The number of ether oxygens (including phenoxy) is 1. The largest absolute Gasteiger partial charge is 0.368 e. The fourth-order valence-corrected chi connectivity index (χ4v) is 3.78. The lowest BCUT2D eigenvalue weighted by Crippen LogP contribution is -2.48. The first-order valence-electron chi connectivity index (χ1n) is 7.22. The zero-order valence-electron chi connectivity index (χ0n) is 12.0. The summed E-state index contributed by atoms with van der Waals surface area (Å²) in [5.41, 5.74) is 0.133. The van der Waals surface area contributed by atoms with Gasteiger partial charge in [-0.15, -0.1) is 11.8 Å². The Morgan fingerprint density at radius 3 is 2.91 bits per heavy atom. The quantitative estimate of drug-likeness (QED) is 0.922. The molecule has 0 saturated carbocycles. The van der Waals surface area contributed by atoms with Crippen molar-refractivity contribution in [2.75, 3.05) is 23.6 Å². The highest BCUT2D eigenvalue weighted by molar-refractivity contribution is 7.99. The second-order valence-electron chi connectivity index (χ2n) is 5.29. The Morgan fingerprint density at radius 2 is 2.18 bits per heavy atom. The van der Waals surface area contributed by atoms with Crippen molar-refractivity contribution in [1.82, 2.24) is 4.90 Å². The minimum Gasteiger partial charge on any atom is -0.368 e. The third-order valence-electron chi connectivity index (χ3n) is 3.80. The first-order valence-corrected chi connectivity index (χ1v) is 8.37. The number of hydrogen-bond acceptors (Lipinski definition) is 4. The molecule has 1 aromatic carbocycles. The van der Waals surface area contributed by atoms with E-state index < -0.39 is 18.0 Å². The maximum atomic E-state index is 13.6. The number of amides is 2. The smallest absolute Gasteiger partial charge is 0.253 e. The van der Waals surface area contributed by atoms with E-state index in [0.29, 0.717) is 24.7 Å². The summed E-state index contributed by atoms with van der Waals surface area (Å²) in [6, 6.07) is 5.41. The first kappa shape index (κ1) is 15.3. The summed E-state index contributed by atoms with van der Waals surface area (Å²) in [6.45, 7) is 0.587. The van der Waals surface area contributed by atoms with Crippen LogP contribution in [0.1, 0.15) is 12.8 Å². The lowest BCUT2D eigenvalue weighted by Gasteiger charge is -2.25. The van der Waals surface area contributed by atoms with Gasteiger partial charge in [0, 0.05) is 12.4 Å². The van der Waals surface area contributed by atoms with Gasteiger partial charge in [0.2, 0.25) is 5.91 Å². The highest BCUT2D eigenvalue weighted by atomic mass is 32.2. The van der Waals surface area contributed by atoms with E-state index in [1.54, 1.807) is 12.1 Å². The Labute approximate surface area is 132 Å². The molecule has 2 heterocycles. The maximum absolute atomic E-state index is 13.6. The van der Waals surface area contributed by atoms with Crippen LogP contribution in [0.4, 0.5) is 10.1 Å². The van der Waals surface area contributed by atoms with Crippen LogP contribution in [0, 0.1) is 5.82 Å². The second-order valence-corrected chi connectivity index (χ2v) is 6.29. The van der Waals surface area contributed by atoms with Gasteiger partial charge >= 0.3 is 0 Å². The normalized spacial score (nSPS) is 24.5. The molecule has 7 heteroatoms. The van der Waals surface area contributed by atoms with Gasteiger partial charge in [-0.2, -0.15) is 0 Å². The Morgan fingerprint density at radius 1 is 1.36 bits per heavy atom. The van der Waals surface area contributed by atoms with E-state index in [0.717, 1.165) is 6.42 Å². The van der Waals surface area contributed by atoms with Gasteiger partial charge in [0.15, 0.2) is 0 Å². The average molecular weight is 324 g/mol. The third-order valence-corrected chi connectivity index (χ3v) is 4.82. The van der Waals surface area contributed by atoms with E-state index in [1.807, 2.05) is 0 Å². The van der Waals surface area contributed by atoms with E-state index in [1.165, 1.54) is 28.8 Å². The van der Waals surface area contributed by atoms with E-state index in [-0.39, 0.29) is 17.5 Å². The summed E-state index contributed by atoms with van der Waals surface area (Å²) in [4.78, 5) is 26.3. The summed E-state index contributed by atoms with van der Waals surface area (Å²) in [7, 11) is 0. The van der Waals surface area contributed by atoms with Crippen molar-refractivity contribution in [3.8, 4) is 0 Å². The predicted octanol–water partition coefficient (Wildman–Crippen LogP) is 1.84. The second kappa shape index (κ2) is 6.66. The molecule has 0 aromatic heterocycles. The number of carbonyl (C=O) groups excluding carboxylic acids is 2. The zero-order chi connectivity index (χ0) is 15.5. The van der Waals surface area contributed by atoms with Crippen LogP contribution in [0.3, 0.4) is 0 Å². The molecular formula is C15H17FN2O3S. The summed E-state index contributed by atoms with van der Waals surface area (Å²) >= 11 is 1.52. The molecule has 2 aliphatic heterocycles. The number of carbonyl (C=O) groups is 2. The van der Waals surface area contributed by atoms with Gasteiger partial charge in [-0.05, 0) is 25.0 Å². The van der Waals surface area contributed by atoms with Crippen LogP contribution in [0.5, 0.6) is 0 Å². The number of rotatable bonds is 3. The van der Waals surface area contributed by atoms with Gasteiger partial charge in [0.25, 0.3) is 5.91 Å². The summed E-state index contributed by atoms with van der Waals surface area (Å²) in [6.07, 6.45) is 1.12. The van der Waals surface area contributed by atoms with Crippen LogP contribution in [-0.2, 0) is 14.3 Å². The van der Waals surface area contributed by atoms with Crippen LogP contribution in [-0.4, -0.2) is 47.1 Å². The summed E-state index contributed by atoms with van der Waals surface area (Å²) in [5, 5.41) is 2.57. The summed E-state index contributed by atoms with van der Waals surface area (Å²) < 4.78 is 19.0. The minimum absolute atomic E-state index is 0.133. The molecule has 22 heavy (non-hydrogen) atoms. The minimum atomic E-state index is -0.582. The van der Waals surface area contributed by atoms with Crippen molar-refractivity contribution >= 4 is 29.3 Å². The maximum Gasteiger partial charge on any atom is 0.253 e. The van der Waals surface area contributed by atoms with Crippen molar-refractivity contribution in [1.29, 1.82) is 0 Å². The molecular weight excluding hydrogens is 307 g/mol. The van der Waals surface area contributed by atoms with Gasteiger partial charge < -0.3 is 15.0 Å². The Bertz CT molecular complexity index is 578. The molecule has 0 bridgehead atoms. The molecule has 2 amide bonds. The van der Waals surface area contributed by atoms with Crippen LogP contribution in [0.2, 0.25) is 0 Å². The molecule has 0 unspecified atom stereocenters. The van der Waals surface area contributed by atoms with Crippen molar-refractivity contribution in [3.05, 3.63) is 30.1 Å². The Hall–Kier alpha value is -1.60. The number of halogens is 1. The molecule has 0 aliphatic carbocycles. The van der Waals surface area contributed by atoms with E-state index in [4.69, 9.17) is 4.74 Å². The molecule has 1 aromatic rings. The zero-order valence-corrected chi connectivity index (χ0v) is 12.8. The molecule has 2 aliphatic rings. The number of benzene rings is 1.